The summed E-state index contributed by atoms with van der Waals surface area (Å²) in [7, 11) is 1.66. The zero-order valence-electron chi connectivity index (χ0n) is 9.66. The molecule has 92 valence electrons. The molecule has 0 aromatic carbocycles. The third-order valence-electron chi connectivity index (χ3n) is 2.05. The molecular weight excluding hydrogens is 230 g/mol. The van der Waals surface area contributed by atoms with Crippen LogP contribution in [-0.4, -0.2) is 33.0 Å². The van der Waals surface area contributed by atoms with Crippen LogP contribution in [0.3, 0.4) is 0 Å². The Labute approximate surface area is 101 Å². The van der Waals surface area contributed by atoms with Gasteiger partial charge in [-0.25, -0.2) is 0 Å². The van der Waals surface area contributed by atoms with E-state index >= 15 is 0 Å². The van der Waals surface area contributed by atoms with Gasteiger partial charge in [-0.1, -0.05) is 0 Å². The summed E-state index contributed by atoms with van der Waals surface area (Å²) < 4.78 is 15.5. The Balaban J connectivity index is 2.08. The monoisotopic (exact) mass is 247 g/mol. The number of nitrogens with one attached hydrogen (secondary N) is 1. The highest BCUT2D eigenvalue weighted by Gasteiger charge is 2.04. The van der Waals surface area contributed by atoms with Gasteiger partial charge in [0.05, 0.1) is 26.4 Å². The third kappa shape index (κ3) is 5.51. The Morgan fingerprint density at radius 2 is 2.25 bits per heavy atom. The molecule has 0 fully saturated rings. The largest absolute Gasteiger partial charge is 0.448 e. The third-order valence-corrected chi connectivity index (χ3v) is 2.26. The summed E-state index contributed by atoms with van der Waals surface area (Å²) in [5.74, 6) is 0.828. The van der Waals surface area contributed by atoms with Crippen LogP contribution in [0, 0.1) is 0 Å². The SMILES string of the molecule is COCCOCC(C)NCc1ccc(Cl)o1. The quantitative estimate of drug-likeness (QED) is 0.715. The van der Waals surface area contributed by atoms with Crippen molar-refractivity contribution in [1.82, 2.24) is 5.32 Å². The number of halogens is 1. The van der Waals surface area contributed by atoms with Gasteiger partial charge in [-0.3, -0.25) is 0 Å². The second-order valence-corrected chi connectivity index (χ2v) is 3.93. The summed E-state index contributed by atoms with van der Waals surface area (Å²) in [5.41, 5.74) is 0. The number of methoxy groups -OCH3 is 1. The van der Waals surface area contributed by atoms with Crippen molar-refractivity contribution < 1.29 is 13.9 Å². The van der Waals surface area contributed by atoms with Crippen LogP contribution in [0.15, 0.2) is 16.5 Å². The van der Waals surface area contributed by atoms with Gasteiger partial charge in [-0.05, 0) is 30.7 Å². The van der Waals surface area contributed by atoms with Crippen molar-refractivity contribution in [2.45, 2.75) is 19.5 Å². The van der Waals surface area contributed by atoms with Crippen LogP contribution in [0.1, 0.15) is 12.7 Å². The van der Waals surface area contributed by atoms with Gasteiger partial charge in [-0.2, -0.15) is 0 Å². The topological polar surface area (TPSA) is 43.6 Å². The highest BCUT2D eigenvalue weighted by atomic mass is 35.5. The molecule has 1 aromatic heterocycles. The van der Waals surface area contributed by atoms with Crippen LogP contribution in [0.5, 0.6) is 0 Å². The molecule has 1 rings (SSSR count). The molecule has 0 amide bonds. The van der Waals surface area contributed by atoms with Crippen molar-refractivity contribution in [3.63, 3.8) is 0 Å². The molecule has 0 aliphatic heterocycles. The lowest BCUT2D eigenvalue weighted by atomic mass is 10.3. The lowest BCUT2D eigenvalue weighted by Crippen LogP contribution is -2.30. The summed E-state index contributed by atoms with van der Waals surface area (Å²) in [6.07, 6.45) is 0. The van der Waals surface area contributed by atoms with Gasteiger partial charge in [-0.15, -0.1) is 0 Å². The molecule has 1 aromatic rings. The summed E-state index contributed by atoms with van der Waals surface area (Å²) in [4.78, 5) is 0. The number of ether oxygens (including phenoxy) is 2. The van der Waals surface area contributed by atoms with E-state index in [0.717, 1.165) is 5.76 Å². The predicted molar refractivity (Wildman–Crippen MR) is 62.7 cm³/mol. The summed E-state index contributed by atoms with van der Waals surface area (Å²) in [5, 5.41) is 3.69. The molecule has 0 radical (unpaired) electrons. The second kappa shape index (κ2) is 7.68. The fraction of sp³-hybridized carbons (Fsp3) is 0.636. The fourth-order valence-corrected chi connectivity index (χ4v) is 1.34. The van der Waals surface area contributed by atoms with Crippen molar-refractivity contribution in [1.29, 1.82) is 0 Å². The Morgan fingerprint density at radius 3 is 2.88 bits per heavy atom. The Hall–Kier alpha value is -0.550. The van der Waals surface area contributed by atoms with Crippen LogP contribution in [0.4, 0.5) is 0 Å². The van der Waals surface area contributed by atoms with E-state index < -0.39 is 0 Å². The van der Waals surface area contributed by atoms with Crippen molar-refractivity contribution in [2.24, 2.45) is 0 Å². The van der Waals surface area contributed by atoms with E-state index in [4.69, 9.17) is 25.5 Å². The van der Waals surface area contributed by atoms with E-state index in [1.54, 1.807) is 13.2 Å². The van der Waals surface area contributed by atoms with Gasteiger partial charge in [0.1, 0.15) is 5.76 Å². The molecule has 4 nitrogen and oxygen atoms in total. The molecule has 0 aliphatic carbocycles. The maximum absolute atomic E-state index is 5.66. The lowest BCUT2D eigenvalue weighted by molar-refractivity contribution is 0.0606. The zero-order valence-corrected chi connectivity index (χ0v) is 10.4. The summed E-state index contributed by atoms with van der Waals surface area (Å²) >= 11 is 5.66. The lowest BCUT2D eigenvalue weighted by Gasteiger charge is -2.12. The van der Waals surface area contributed by atoms with E-state index in [2.05, 4.69) is 12.2 Å². The number of rotatable bonds is 8. The zero-order chi connectivity index (χ0) is 11.8. The van der Waals surface area contributed by atoms with E-state index in [-0.39, 0.29) is 6.04 Å². The van der Waals surface area contributed by atoms with E-state index in [1.807, 2.05) is 6.07 Å². The van der Waals surface area contributed by atoms with Crippen LogP contribution in [0.2, 0.25) is 5.22 Å². The Kier molecular flexibility index (Phi) is 6.49. The molecule has 0 saturated heterocycles. The van der Waals surface area contributed by atoms with Gasteiger partial charge >= 0.3 is 0 Å². The first kappa shape index (κ1) is 13.5. The highest BCUT2D eigenvalue weighted by molar-refractivity contribution is 6.28. The second-order valence-electron chi connectivity index (χ2n) is 3.56. The molecule has 1 unspecified atom stereocenters. The molecule has 0 aliphatic rings. The first-order chi connectivity index (χ1) is 7.72. The van der Waals surface area contributed by atoms with Crippen molar-refractivity contribution in [2.75, 3.05) is 26.9 Å². The molecule has 0 saturated carbocycles. The summed E-state index contributed by atoms with van der Waals surface area (Å²) in [6, 6.07) is 3.85. The standard InChI is InChI=1S/C11H18ClNO3/c1-9(8-15-6-5-14-2)13-7-10-3-4-11(12)16-10/h3-4,9,13H,5-8H2,1-2H3. The van der Waals surface area contributed by atoms with Crippen LogP contribution in [0.25, 0.3) is 0 Å². The number of furan rings is 1. The molecule has 1 atom stereocenters. The normalized spacial score (nSPS) is 12.9. The molecule has 16 heavy (non-hydrogen) atoms. The predicted octanol–water partition coefficient (Wildman–Crippen LogP) is 2.07. The van der Waals surface area contributed by atoms with Crippen molar-refractivity contribution in [3.05, 3.63) is 23.1 Å². The van der Waals surface area contributed by atoms with Crippen LogP contribution < -0.4 is 5.32 Å². The van der Waals surface area contributed by atoms with Crippen LogP contribution in [-0.2, 0) is 16.0 Å². The minimum atomic E-state index is 0.265. The van der Waals surface area contributed by atoms with E-state index in [1.165, 1.54) is 0 Å². The molecule has 1 N–H and O–H groups in total. The first-order valence-electron chi connectivity index (χ1n) is 5.26. The molecule has 0 bridgehead atoms. The van der Waals surface area contributed by atoms with Crippen molar-refractivity contribution in [3.8, 4) is 0 Å². The molecular formula is C11H18ClNO3. The van der Waals surface area contributed by atoms with Gasteiger partial charge in [0, 0.05) is 13.2 Å². The smallest absolute Gasteiger partial charge is 0.193 e. The van der Waals surface area contributed by atoms with Gasteiger partial charge < -0.3 is 19.2 Å². The van der Waals surface area contributed by atoms with E-state index in [9.17, 15) is 0 Å². The average Bonchev–Trinajstić information content (AvgIpc) is 2.68. The number of hydrogen-bond donors (Lipinski definition) is 1. The first-order valence-corrected chi connectivity index (χ1v) is 5.64. The molecule has 0 spiro atoms. The fourth-order valence-electron chi connectivity index (χ4n) is 1.18. The Morgan fingerprint density at radius 1 is 1.44 bits per heavy atom. The van der Waals surface area contributed by atoms with Gasteiger partial charge in [0.25, 0.3) is 0 Å². The average molecular weight is 248 g/mol. The number of hydrogen-bond acceptors (Lipinski definition) is 4. The van der Waals surface area contributed by atoms with E-state index in [0.29, 0.717) is 31.6 Å². The summed E-state index contributed by atoms with van der Waals surface area (Å²) in [6.45, 7) is 4.60. The van der Waals surface area contributed by atoms with Crippen LogP contribution >= 0.6 is 11.6 Å². The van der Waals surface area contributed by atoms with Gasteiger partial charge in [0.2, 0.25) is 0 Å². The Bertz CT molecular complexity index is 291. The minimum Gasteiger partial charge on any atom is -0.448 e. The maximum Gasteiger partial charge on any atom is 0.193 e. The highest BCUT2D eigenvalue weighted by Crippen LogP contribution is 2.12. The molecule has 5 heteroatoms. The van der Waals surface area contributed by atoms with Crippen molar-refractivity contribution >= 4 is 11.6 Å². The van der Waals surface area contributed by atoms with Gasteiger partial charge in [0.15, 0.2) is 5.22 Å². The minimum absolute atomic E-state index is 0.265. The molecule has 1 heterocycles. The maximum atomic E-state index is 5.66.